The molecule has 0 bridgehead atoms. The van der Waals surface area contributed by atoms with E-state index in [1.54, 1.807) is 23.6 Å². The highest BCUT2D eigenvalue weighted by atomic mass is 32.1. The summed E-state index contributed by atoms with van der Waals surface area (Å²) >= 11 is 1.56. The van der Waals surface area contributed by atoms with E-state index in [0.717, 1.165) is 15.1 Å². The average molecular weight is 456 g/mol. The molecule has 2 heterocycles. The molecule has 2 aromatic heterocycles. The summed E-state index contributed by atoms with van der Waals surface area (Å²) < 4.78 is 21.4. The van der Waals surface area contributed by atoms with Gasteiger partial charge in [-0.05, 0) is 44.2 Å². The van der Waals surface area contributed by atoms with Crippen molar-refractivity contribution in [1.29, 1.82) is 0 Å². The van der Waals surface area contributed by atoms with Gasteiger partial charge in [0, 0.05) is 28.9 Å². The van der Waals surface area contributed by atoms with Crippen LogP contribution in [0.2, 0.25) is 0 Å². The summed E-state index contributed by atoms with van der Waals surface area (Å²) in [6.45, 7) is 7.56. The number of allylic oxidation sites excluding steroid dienone is 1. The number of thiophene rings is 1. The Balaban J connectivity index is 1.85. The fraction of sp³-hybridized carbons (Fsp3) is 0.292. The number of nitrogens with one attached hydrogen (secondary N) is 2. The minimum atomic E-state index is -0.623. The topological polar surface area (TPSA) is 80.3 Å². The van der Waals surface area contributed by atoms with Crippen molar-refractivity contribution in [3.63, 3.8) is 0 Å². The monoisotopic (exact) mass is 455 g/mol. The molecule has 2 N–H and O–H groups in total. The SMILES string of the molecule is C/C=C\NC(c1cc2nccc(Oc3ccc(NC(=O)CC(C)=O)cc3F)c2s1)C(C)C. The lowest BCUT2D eigenvalue weighted by atomic mass is 10.0. The number of hydrogen-bond acceptors (Lipinski definition) is 6. The summed E-state index contributed by atoms with van der Waals surface area (Å²) in [6.07, 6.45) is 5.25. The van der Waals surface area contributed by atoms with Gasteiger partial charge in [0.1, 0.15) is 11.5 Å². The maximum absolute atomic E-state index is 14.7. The van der Waals surface area contributed by atoms with Crippen LogP contribution in [0.3, 0.4) is 0 Å². The van der Waals surface area contributed by atoms with Crippen LogP contribution in [-0.4, -0.2) is 16.7 Å². The number of Topliss-reactive ketones (excluding diaryl/α,β-unsaturated/α-hetero) is 1. The van der Waals surface area contributed by atoms with Crippen LogP contribution in [-0.2, 0) is 9.59 Å². The van der Waals surface area contributed by atoms with Crippen LogP contribution in [0.4, 0.5) is 10.1 Å². The molecule has 3 rings (SSSR count). The summed E-state index contributed by atoms with van der Waals surface area (Å²) in [5, 5.41) is 5.91. The Hall–Kier alpha value is -3.26. The van der Waals surface area contributed by atoms with Gasteiger partial charge >= 0.3 is 0 Å². The molecular formula is C24H26FN3O3S. The molecule has 1 amide bonds. The zero-order chi connectivity index (χ0) is 23.3. The van der Waals surface area contributed by atoms with Crippen LogP contribution < -0.4 is 15.4 Å². The van der Waals surface area contributed by atoms with E-state index < -0.39 is 11.7 Å². The first-order chi connectivity index (χ1) is 15.3. The first kappa shape index (κ1) is 23.4. The van der Waals surface area contributed by atoms with Crippen LogP contribution in [0.1, 0.15) is 45.0 Å². The molecule has 0 radical (unpaired) electrons. The number of ketones is 1. The van der Waals surface area contributed by atoms with Crippen molar-refractivity contribution in [2.24, 2.45) is 5.92 Å². The Kier molecular flexibility index (Phi) is 7.58. The molecule has 0 aliphatic heterocycles. The van der Waals surface area contributed by atoms with E-state index >= 15 is 0 Å². The van der Waals surface area contributed by atoms with Crippen molar-refractivity contribution < 1.29 is 18.7 Å². The molecule has 0 aliphatic rings. The number of nitrogens with zero attached hydrogens (tertiary/aromatic N) is 1. The van der Waals surface area contributed by atoms with Crippen LogP contribution >= 0.6 is 11.3 Å². The number of anilines is 1. The molecule has 8 heteroatoms. The van der Waals surface area contributed by atoms with Gasteiger partial charge in [-0.25, -0.2) is 4.39 Å². The predicted molar refractivity (Wildman–Crippen MR) is 126 cm³/mol. The minimum absolute atomic E-state index is 0.0319. The molecule has 0 fully saturated rings. The summed E-state index contributed by atoms with van der Waals surface area (Å²) in [6, 6.07) is 8.00. The number of halogens is 1. The average Bonchev–Trinajstić information content (AvgIpc) is 3.14. The smallest absolute Gasteiger partial charge is 0.231 e. The Labute approximate surface area is 190 Å². The third-order valence-corrected chi connectivity index (χ3v) is 5.88. The number of rotatable bonds is 9. The van der Waals surface area contributed by atoms with Crippen LogP contribution in [0.5, 0.6) is 11.5 Å². The molecule has 1 aromatic carbocycles. The highest BCUT2D eigenvalue weighted by Crippen LogP contribution is 2.39. The van der Waals surface area contributed by atoms with E-state index in [2.05, 4.69) is 29.5 Å². The quantitative estimate of drug-likeness (QED) is 0.389. The number of carbonyl (C=O) groups excluding carboxylic acids is 2. The van der Waals surface area contributed by atoms with Crippen LogP contribution in [0.15, 0.2) is 48.8 Å². The number of benzene rings is 1. The minimum Gasteiger partial charge on any atom is -0.453 e. The molecule has 32 heavy (non-hydrogen) atoms. The summed E-state index contributed by atoms with van der Waals surface area (Å²) in [5.74, 6) is -0.482. The summed E-state index contributed by atoms with van der Waals surface area (Å²) in [4.78, 5) is 28.3. The maximum atomic E-state index is 14.7. The molecule has 0 aliphatic carbocycles. The van der Waals surface area contributed by atoms with E-state index in [9.17, 15) is 14.0 Å². The van der Waals surface area contributed by atoms with Crippen molar-refractivity contribution in [3.8, 4) is 11.5 Å². The van der Waals surface area contributed by atoms with Gasteiger partial charge in [-0.1, -0.05) is 19.9 Å². The van der Waals surface area contributed by atoms with Crippen molar-refractivity contribution in [3.05, 3.63) is 59.5 Å². The van der Waals surface area contributed by atoms with Gasteiger partial charge in [0.15, 0.2) is 11.6 Å². The lowest BCUT2D eigenvalue weighted by Crippen LogP contribution is -2.19. The van der Waals surface area contributed by atoms with Crippen LogP contribution in [0, 0.1) is 11.7 Å². The number of pyridine rings is 1. The van der Waals surface area contributed by atoms with Crippen molar-refractivity contribution in [2.75, 3.05) is 5.32 Å². The van der Waals surface area contributed by atoms with Gasteiger partial charge in [0.25, 0.3) is 0 Å². The molecule has 6 nitrogen and oxygen atoms in total. The Morgan fingerprint density at radius 2 is 2.00 bits per heavy atom. The zero-order valence-corrected chi connectivity index (χ0v) is 19.3. The van der Waals surface area contributed by atoms with Crippen molar-refractivity contribution in [2.45, 2.75) is 40.2 Å². The third kappa shape index (κ3) is 5.70. The number of aromatic nitrogens is 1. The second-order valence-corrected chi connectivity index (χ2v) is 8.82. The van der Waals surface area contributed by atoms with E-state index in [-0.39, 0.29) is 29.7 Å². The normalized spacial score (nSPS) is 12.3. The first-order valence-electron chi connectivity index (χ1n) is 10.3. The fourth-order valence-corrected chi connectivity index (χ4v) is 4.48. The summed E-state index contributed by atoms with van der Waals surface area (Å²) in [7, 11) is 0. The molecule has 1 unspecified atom stereocenters. The summed E-state index contributed by atoms with van der Waals surface area (Å²) in [5.41, 5.74) is 1.04. The molecule has 168 valence electrons. The lowest BCUT2D eigenvalue weighted by molar-refractivity contribution is -0.124. The van der Waals surface area contributed by atoms with Gasteiger partial charge in [-0.15, -0.1) is 11.3 Å². The van der Waals surface area contributed by atoms with Gasteiger partial charge in [-0.2, -0.15) is 0 Å². The third-order valence-electron chi connectivity index (χ3n) is 4.66. The molecule has 0 saturated heterocycles. The first-order valence-corrected chi connectivity index (χ1v) is 11.1. The zero-order valence-electron chi connectivity index (χ0n) is 18.4. The number of ether oxygens (including phenoxy) is 1. The molecular weight excluding hydrogens is 429 g/mol. The largest absolute Gasteiger partial charge is 0.453 e. The molecule has 1 atom stereocenters. The number of carbonyl (C=O) groups is 2. The van der Waals surface area contributed by atoms with E-state index in [1.165, 1.54) is 25.1 Å². The fourth-order valence-electron chi connectivity index (χ4n) is 3.18. The van der Waals surface area contributed by atoms with E-state index in [0.29, 0.717) is 11.7 Å². The van der Waals surface area contributed by atoms with Crippen LogP contribution in [0.25, 0.3) is 10.2 Å². The van der Waals surface area contributed by atoms with E-state index in [4.69, 9.17) is 4.74 Å². The van der Waals surface area contributed by atoms with Gasteiger partial charge in [-0.3, -0.25) is 14.6 Å². The highest BCUT2D eigenvalue weighted by Gasteiger charge is 2.19. The second kappa shape index (κ2) is 10.4. The Bertz CT molecular complexity index is 1160. The number of amides is 1. The number of fused-ring (bicyclic) bond motifs is 1. The lowest BCUT2D eigenvalue weighted by Gasteiger charge is -2.19. The standard InChI is InChI=1S/C24H26FN3O3S/c1-5-9-27-23(14(2)3)21-13-18-24(32-21)20(8-10-26-18)31-19-7-6-16(12-17(19)25)28-22(30)11-15(4)29/h5-10,12-14,23,27H,11H2,1-4H3,(H,28,30)/b9-5-. The predicted octanol–water partition coefficient (Wildman–Crippen LogP) is 5.97. The Morgan fingerprint density at radius 3 is 2.66 bits per heavy atom. The molecule has 0 saturated carbocycles. The van der Waals surface area contributed by atoms with Crippen molar-refractivity contribution >= 4 is 38.9 Å². The Morgan fingerprint density at radius 1 is 1.22 bits per heavy atom. The van der Waals surface area contributed by atoms with Gasteiger partial charge < -0.3 is 15.4 Å². The van der Waals surface area contributed by atoms with Gasteiger partial charge in [0.2, 0.25) is 5.91 Å². The molecule has 0 spiro atoms. The van der Waals surface area contributed by atoms with Crippen molar-refractivity contribution in [1.82, 2.24) is 10.3 Å². The highest BCUT2D eigenvalue weighted by molar-refractivity contribution is 7.19. The number of hydrogen-bond donors (Lipinski definition) is 2. The second-order valence-electron chi connectivity index (χ2n) is 7.73. The molecule has 3 aromatic rings. The van der Waals surface area contributed by atoms with Gasteiger partial charge in [0.05, 0.1) is 22.7 Å². The maximum Gasteiger partial charge on any atom is 0.231 e. The van der Waals surface area contributed by atoms with E-state index in [1.807, 2.05) is 25.3 Å².